The molecule has 0 fully saturated rings. The van der Waals surface area contributed by atoms with Crippen molar-refractivity contribution in [3.05, 3.63) is 65.3 Å². The lowest BCUT2D eigenvalue weighted by Gasteiger charge is -2.35. The van der Waals surface area contributed by atoms with Gasteiger partial charge in [-0.2, -0.15) is 0 Å². The van der Waals surface area contributed by atoms with Gasteiger partial charge in [0.1, 0.15) is 28.9 Å². The van der Waals surface area contributed by atoms with Crippen molar-refractivity contribution in [2.45, 2.75) is 12.3 Å². The van der Waals surface area contributed by atoms with E-state index < -0.39 is 23.3 Å². The first-order chi connectivity index (χ1) is 12.9. The number of benzene rings is 1. The fraction of sp³-hybridized carbons (Fsp3) is 0.211. The summed E-state index contributed by atoms with van der Waals surface area (Å²) in [6.45, 7) is 4.89. The highest BCUT2D eigenvalue weighted by atomic mass is 16.5. The minimum Gasteiger partial charge on any atom is -0.465 e. The third-order valence-corrected chi connectivity index (χ3v) is 4.46. The van der Waals surface area contributed by atoms with Gasteiger partial charge in [0, 0.05) is 11.3 Å². The first-order valence-corrected chi connectivity index (χ1v) is 8.06. The van der Waals surface area contributed by atoms with Gasteiger partial charge in [0.15, 0.2) is 0 Å². The predicted molar refractivity (Wildman–Crippen MR) is 94.9 cm³/mol. The molecule has 8 nitrogen and oxygen atoms in total. The minimum absolute atomic E-state index is 0.0565. The van der Waals surface area contributed by atoms with Crippen LogP contribution in [-0.4, -0.2) is 31.6 Å². The Morgan fingerprint density at radius 1 is 1.30 bits per heavy atom. The summed E-state index contributed by atoms with van der Waals surface area (Å²) in [4.78, 5) is 38.6. The summed E-state index contributed by atoms with van der Waals surface area (Å²) in [5.74, 6) is -2.60. The van der Waals surface area contributed by atoms with Gasteiger partial charge in [-0.15, -0.1) is 0 Å². The Kier molecular flexibility index (Phi) is 4.49. The molecule has 27 heavy (non-hydrogen) atoms. The van der Waals surface area contributed by atoms with Crippen LogP contribution in [0.2, 0.25) is 0 Å². The average Bonchev–Trinajstić information content (AvgIpc) is 2.92. The van der Waals surface area contributed by atoms with Crippen LogP contribution in [-0.2, 0) is 34.0 Å². The van der Waals surface area contributed by atoms with Crippen molar-refractivity contribution in [3.8, 4) is 0 Å². The summed E-state index contributed by atoms with van der Waals surface area (Å²) in [6.07, 6.45) is 1.39. The number of rotatable bonds is 4. The summed E-state index contributed by atoms with van der Waals surface area (Å²) in [5, 5.41) is 2.69. The number of nitrogens with two attached hydrogens (primary N) is 1. The quantitative estimate of drug-likeness (QED) is 0.605. The van der Waals surface area contributed by atoms with E-state index in [4.69, 9.17) is 19.9 Å². The molecule has 0 unspecified atom stereocenters. The molecular weight excluding hydrogens is 352 g/mol. The monoisotopic (exact) mass is 370 g/mol. The maximum Gasteiger partial charge on any atom is 0.340 e. The number of amides is 1. The molecule has 3 rings (SSSR count). The lowest BCUT2D eigenvalue weighted by molar-refractivity contribution is -0.141. The van der Waals surface area contributed by atoms with E-state index in [-0.39, 0.29) is 29.4 Å². The average molecular weight is 370 g/mol. The summed E-state index contributed by atoms with van der Waals surface area (Å²) < 4.78 is 15.4. The van der Waals surface area contributed by atoms with Crippen LogP contribution in [0.4, 0.5) is 5.69 Å². The number of allylic oxidation sites excluding steroid dienone is 1. The summed E-state index contributed by atoms with van der Waals surface area (Å²) in [6, 6.07) is 6.69. The molecule has 1 aromatic rings. The smallest absolute Gasteiger partial charge is 0.340 e. The Morgan fingerprint density at radius 2 is 2.00 bits per heavy atom. The Hall–Kier alpha value is -3.55. The maximum atomic E-state index is 13.2. The van der Waals surface area contributed by atoms with Gasteiger partial charge in [0.2, 0.25) is 11.8 Å². The van der Waals surface area contributed by atoms with Crippen LogP contribution in [0.1, 0.15) is 12.5 Å². The van der Waals surface area contributed by atoms with Gasteiger partial charge in [-0.25, -0.2) is 9.59 Å². The second-order valence-corrected chi connectivity index (χ2v) is 5.90. The lowest BCUT2D eigenvalue weighted by Crippen LogP contribution is -2.48. The molecule has 1 atom stereocenters. The molecule has 0 saturated heterocycles. The van der Waals surface area contributed by atoms with Crippen LogP contribution < -0.4 is 11.1 Å². The number of carbonyl (C=O) groups excluding carboxylic acids is 3. The highest BCUT2D eigenvalue weighted by molar-refractivity contribution is 6.21. The maximum absolute atomic E-state index is 13.2. The SMILES string of the molecule is C=CCOC(=O)C1=C(C)OC(N)=C(C(=O)OC)[C@@]12C(=O)Nc1ccccc12. The number of hydrogen-bond donors (Lipinski definition) is 2. The van der Waals surface area contributed by atoms with Crippen LogP contribution >= 0.6 is 0 Å². The minimum atomic E-state index is -1.84. The Labute approximate surface area is 155 Å². The second-order valence-electron chi connectivity index (χ2n) is 5.90. The van der Waals surface area contributed by atoms with Crippen molar-refractivity contribution in [1.29, 1.82) is 0 Å². The zero-order valence-electron chi connectivity index (χ0n) is 14.8. The van der Waals surface area contributed by atoms with Gasteiger partial charge in [-0.1, -0.05) is 30.9 Å². The van der Waals surface area contributed by atoms with Crippen LogP contribution in [0.15, 0.2) is 59.7 Å². The summed E-state index contributed by atoms with van der Waals surface area (Å²) >= 11 is 0. The van der Waals surface area contributed by atoms with E-state index in [2.05, 4.69) is 11.9 Å². The first-order valence-electron chi connectivity index (χ1n) is 8.06. The lowest BCUT2D eigenvalue weighted by atomic mass is 9.67. The molecule has 0 radical (unpaired) electrons. The third-order valence-electron chi connectivity index (χ3n) is 4.46. The van der Waals surface area contributed by atoms with E-state index in [1.54, 1.807) is 24.3 Å². The fourth-order valence-electron chi connectivity index (χ4n) is 3.45. The van der Waals surface area contributed by atoms with Crippen molar-refractivity contribution in [2.75, 3.05) is 19.0 Å². The normalized spacial score (nSPS) is 20.7. The number of carbonyl (C=O) groups is 3. The van der Waals surface area contributed by atoms with E-state index in [0.29, 0.717) is 11.3 Å². The number of fused-ring (bicyclic) bond motifs is 2. The molecule has 0 saturated carbocycles. The molecule has 2 aliphatic rings. The number of nitrogens with one attached hydrogen (secondary N) is 1. The largest absolute Gasteiger partial charge is 0.465 e. The topological polar surface area (TPSA) is 117 Å². The molecule has 0 bridgehead atoms. The van der Waals surface area contributed by atoms with Gasteiger partial charge in [-0.3, -0.25) is 4.79 Å². The van der Waals surface area contributed by atoms with E-state index in [1.165, 1.54) is 13.0 Å². The molecule has 3 N–H and O–H groups in total. The molecule has 1 spiro atoms. The zero-order valence-corrected chi connectivity index (χ0v) is 14.8. The molecule has 8 heteroatoms. The number of anilines is 1. The Morgan fingerprint density at radius 3 is 2.67 bits per heavy atom. The van der Waals surface area contributed by atoms with Gasteiger partial charge >= 0.3 is 11.9 Å². The van der Waals surface area contributed by atoms with E-state index in [1.807, 2.05) is 0 Å². The number of esters is 2. The molecule has 1 amide bonds. The molecule has 0 aromatic heterocycles. The molecule has 1 aromatic carbocycles. The van der Waals surface area contributed by atoms with E-state index in [9.17, 15) is 14.4 Å². The second kappa shape index (κ2) is 6.64. The van der Waals surface area contributed by atoms with Gasteiger partial charge in [0.05, 0.1) is 7.11 Å². The number of para-hydroxylation sites is 1. The van der Waals surface area contributed by atoms with Crippen LogP contribution in [0, 0.1) is 0 Å². The van der Waals surface area contributed by atoms with Crippen LogP contribution in [0.5, 0.6) is 0 Å². The van der Waals surface area contributed by atoms with Crippen molar-refractivity contribution < 1.29 is 28.6 Å². The first kappa shape index (κ1) is 18.2. The molecular formula is C19H18N2O6. The summed E-state index contributed by atoms with van der Waals surface area (Å²) in [7, 11) is 1.15. The van der Waals surface area contributed by atoms with E-state index >= 15 is 0 Å². The van der Waals surface area contributed by atoms with Gasteiger partial charge < -0.3 is 25.3 Å². The van der Waals surface area contributed by atoms with E-state index in [0.717, 1.165) is 7.11 Å². The number of ether oxygens (including phenoxy) is 3. The molecule has 0 aliphatic carbocycles. The highest BCUT2D eigenvalue weighted by Gasteiger charge is 2.61. The highest BCUT2D eigenvalue weighted by Crippen LogP contribution is 2.52. The fourth-order valence-corrected chi connectivity index (χ4v) is 3.45. The molecule has 2 heterocycles. The van der Waals surface area contributed by atoms with Crippen LogP contribution in [0.3, 0.4) is 0 Å². The number of methoxy groups -OCH3 is 1. The Bertz CT molecular complexity index is 930. The van der Waals surface area contributed by atoms with Gasteiger partial charge in [0.25, 0.3) is 0 Å². The third kappa shape index (κ3) is 2.49. The van der Waals surface area contributed by atoms with Crippen molar-refractivity contribution in [1.82, 2.24) is 0 Å². The van der Waals surface area contributed by atoms with Crippen molar-refractivity contribution in [3.63, 3.8) is 0 Å². The summed E-state index contributed by atoms with van der Waals surface area (Å²) in [5.41, 5.74) is 4.53. The van der Waals surface area contributed by atoms with Crippen molar-refractivity contribution in [2.24, 2.45) is 5.73 Å². The van der Waals surface area contributed by atoms with Crippen molar-refractivity contribution >= 4 is 23.5 Å². The zero-order chi connectivity index (χ0) is 19.8. The predicted octanol–water partition coefficient (Wildman–Crippen LogP) is 1.25. The molecule has 140 valence electrons. The standard InChI is InChI=1S/C19H18N2O6/c1-4-9-26-17(23)13-10(2)27-15(20)14(16(22)25-3)19(13)11-7-5-6-8-12(11)21-18(19)24/h4-8H,1,9,20H2,2-3H3,(H,21,24)/t19-/m0/s1. The van der Waals surface area contributed by atoms with Crippen LogP contribution in [0.25, 0.3) is 0 Å². The Balaban J connectivity index is 2.36. The molecule has 2 aliphatic heterocycles. The number of hydrogen-bond acceptors (Lipinski definition) is 7. The van der Waals surface area contributed by atoms with Gasteiger partial charge in [-0.05, 0) is 13.0 Å².